The molecule has 0 aromatic carbocycles. The molecule has 0 aromatic rings. The van der Waals surface area contributed by atoms with Crippen molar-refractivity contribution < 1.29 is 9.28 Å². The molecule has 150 valence electrons. The average Bonchev–Trinajstić information content (AvgIpc) is 3.03. The third-order valence-corrected chi connectivity index (χ3v) is 5.94. The van der Waals surface area contributed by atoms with E-state index in [0.717, 1.165) is 24.0 Å². The summed E-state index contributed by atoms with van der Waals surface area (Å²) in [6.07, 6.45) is 18.9. The van der Waals surface area contributed by atoms with Gasteiger partial charge in [0.1, 0.15) is 6.54 Å². The van der Waals surface area contributed by atoms with Crippen LogP contribution < -0.4 is 5.32 Å². The van der Waals surface area contributed by atoms with Crippen LogP contribution in [-0.4, -0.2) is 42.0 Å². The fourth-order valence-electron chi connectivity index (χ4n) is 4.21. The molecule has 0 spiro atoms. The molecule has 1 N–H and O–H groups in total. The Hall–Kier alpha value is -1.16. The topological polar surface area (TPSA) is 41.5 Å². The van der Waals surface area contributed by atoms with Crippen molar-refractivity contribution in [2.75, 3.05) is 13.1 Å². The second-order valence-corrected chi connectivity index (χ2v) is 7.84. The zero-order chi connectivity index (χ0) is 19.3. The number of amides is 1. The molecule has 26 heavy (non-hydrogen) atoms. The molecule has 0 bridgehead atoms. The third-order valence-electron chi connectivity index (χ3n) is 5.94. The summed E-state index contributed by atoms with van der Waals surface area (Å²) in [5.41, 5.74) is 0. The first kappa shape index (κ1) is 22.9. The first-order valence-corrected chi connectivity index (χ1v) is 10.8. The number of carbonyl (C=O) groups excluding carboxylic acids is 1. The van der Waals surface area contributed by atoms with Crippen molar-refractivity contribution >= 4 is 12.1 Å². The summed E-state index contributed by atoms with van der Waals surface area (Å²) in [5.74, 6) is 0.0543. The van der Waals surface area contributed by atoms with Gasteiger partial charge in [0.2, 0.25) is 5.91 Å². The largest absolute Gasteiger partial charge is 0.307 e. The summed E-state index contributed by atoms with van der Waals surface area (Å²) in [5, 5.41) is 3.10. The Kier molecular flexibility index (Phi) is 11.5. The predicted molar refractivity (Wildman–Crippen MR) is 112 cm³/mol. The number of unbranched alkanes of at least 4 members (excludes halogenated alkanes) is 9. The normalized spacial score (nSPS) is 23.1. The number of rotatable bonds is 15. The highest BCUT2D eigenvalue weighted by Gasteiger charge is 2.42. The van der Waals surface area contributed by atoms with Crippen LogP contribution in [0.3, 0.4) is 0 Å². The second kappa shape index (κ2) is 13.1. The summed E-state index contributed by atoms with van der Waals surface area (Å²) >= 11 is 0. The van der Waals surface area contributed by atoms with Crippen molar-refractivity contribution in [3.05, 3.63) is 12.7 Å². The molecule has 0 fully saturated rings. The lowest BCUT2D eigenvalue weighted by Crippen LogP contribution is -2.63. The Morgan fingerprint density at radius 1 is 1.19 bits per heavy atom. The number of hydrogen-bond donors (Lipinski definition) is 1. The van der Waals surface area contributed by atoms with E-state index in [1.807, 2.05) is 6.08 Å². The molecular formula is C22H42N3O+. The van der Waals surface area contributed by atoms with Gasteiger partial charge < -0.3 is 5.32 Å². The first-order valence-electron chi connectivity index (χ1n) is 10.8. The van der Waals surface area contributed by atoms with Crippen molar-refractivity contribution in [2.45, 2.75) is 104 Å². The van der Waals surface area contributed by atoms with E-state index in [9.17, 15) is 4.79 Å². The highest BCUT2D eigenvalue weighted by Crippen LogP contribution is 2.27. The van der Waals surface area contributed by atoms with Gasteiger partial charge in [-0.3, -0.25) is 9.28 Å². The van der Waals surface area contributed by atoms with Gasteiger partial charge >= 0.3 is 0 Å². The van der Waals surface area contributed by atoms with Gasteiger partial charge in [0.05, 0.1) is 12.8 Å². The van der Waals surface area contributed by atoms with E-state index in [1.54, 1.807) is 6.92 Å². The van der Waals surface area contributed by atoms with Gasteiger partial charge in [-0.05, 0) is 26.2 Å². The van der Waals surface area contributed by atoms with Crippen LogP contribution in [0, 0.1) is 0 Å². The van der Waals surface area contributed by atoms with E-state index in [1.165, 1.54) is 64.2 Å². The van der Waals surface area contributed by atoms with Crippen LogP contribution in [0.5, 0.6) is 0 Å². The fourth-order valence-corrected chi connectivity index (χ4v) is 4.21. The maximum absolute atomic E-state index is 11.5. The van der Waals surface area contributed by atoms with Crippen molar-refractivity contribution in [3.63, 3.8) is 0 Å². The highest BCUT2D eigenvalue weighted by molar-refractivity contribution is 5.73. The van der Waals surface area contributed by atoms with Crippen molar-refractivity contribution in [2.24, 2.45) is 4.99 Å². The monoisotopic (exact) mass is 364 g/mol. The van der Waals surface area contributed by atoms with Gasteiger partial charge in [-0.1, -0.05) is 51.0 Å². The van der Waals surface area contributed by atoms with Crippen LogP contribution in [0.4, 0.5) is 0 Å². The smallest absolute Gasteiger partial charge is 0.221 e. The Morgan fingerprint density at radius 2 is 1.77 bits per heavy atom. The Morgan fingerprint density at radius 3 is 2.31 bits per heavy atom. The average molecular weight is 365 g/mol. The Labute approximate surface area is 161 Å². The number of allylic oxidation sites excluding steroid dienone is 1. The quantitative estimate of drug-likeness (QED) is 0.242. The molecular weight excluding hydrogens is 322 g/mol. The summed E-state index contributed by atoms with van der Waals surface area (Å²) in [4.78, 5) is 16.2. The summed E-state index contributed by atoms with van der Waals surface area (Å²) in [7, 11) is 0. The molecule has 0 aromatic heterocycles. The van der Waals surface area contributed by atoms with Gasteiger partial charge in [-0.2, -0.15) is 0 Å². The van der Waals surface area contributed by atoms with Crippen LogP contribution >= 0.6 is 0 Å². The molecule has 3 atom stereocenters. The number of nitrogens with zero attached hydrogens (tertiary/aromatic N) is 2. The minimum absolute atomic E-state index is 0.0543. The van der Waals surface area contributed by atoms with Crippen molar-refractivity contribution in [3.8, 4) is 0 Å². The van der Waals surface area contributed by atoms with Gasteiger partial charge in [-0.15, -0.1) is 6.58 Å². The molecule has 1 aliphatic heterocycles. The molecule has 1 amide bonds. The Balaban J connectivity index is 2.18. The summed E-state index contributed by atoms with van der Waals surface area (Å²) in [6.45, 7) is 11.7. The molecule has 1 rings (SSSR count). The van der Waals surface area contributed by atoms with Gasteiger partial charge in [0, 0.05) is 20.3 Å². The van der Waals surface area contributed by atoms with E-state index in [-0.39, 0.29) is 12.1 Å². The molecule has 0 aliphatic carbocycles. The van der Waals surface area contributed by atoms with Crippen molar-refractivity contribution in [1.29, 1.82) is 0 Å². The number of quaternary nitrogens is 1. The third kappa shape index (κ3) is 7.61. The van der Waals surface area contributed by atoms with E-state index in [4.69, 9.17) is 4.99 Å². The molecule has 3 unspecified atom stereocenters. The molecule has 0 saturated heterocycles. The zero-order valence-corrected chi connectivity index (χ0v) is 17.5. The second-order valence-electron chi connectivity index (χ2n) is 7.84. The first-order chi connectivity index (χ1) is 12.6. The number of nitrogens with one attached hydrogen (secondary N) is 1. The molecule has 4 heteroatoms. The number of carbonyl (C=O) groups is 1. The maximum Gasteiger partial charge on any atom is 0.221 e. The minimum Gasteiger partial charge on any atom is -0.307 e. The molecule has 1 aliphatic rings. The minimum atomic E-state index is 0.0543. The van der Waals surface area contributed by atoms with Gasteiger partial charge in [0.25, 0.3) is 0 Å². The number of aliphatic imine (C=N–C) groups is 1. The van der Waals surface area contributed by atoms with E-state index in [2.05, 4.69) is 32.0 Å². The summed E-state index contributed by atoms with van der Waals surface area (Å²) in [6, 6.07) is 0. The van der Waals surface area contributed by atoms with E-state index >= 15 is 0 Å². The fraction of sp³-hybridized carbons (Fsp3) is 0.818. The van der Waals surface area contributed by atoms with Crippen LogP contribution in [0.2, 0.25) is 0 Å². The highest BCUT2D eigenvalue weighted by atomic mass is 16.1. The molecule has 4 nitrogen and oxygen atoms in total. The van der Waals surface area contributed by atoms with Crippen LogP contribution in [-0.2, 0) is 4.79 Å². The maximum atomic E-state index is 11.5. The molecule has 1 heterocycles. The van der Waals surface area contributed by atoms with Crippen LogP contribution in [0.1, 0.15) is 91.4 Å². The van der Waals surface area contributed by atoms with Crippen molar-refractivity contribution in [1.82, 2.24) is 5.32 Å². The zero-order valence-electron chi connectivity index (χ0n) is 17.5. The Bertz CT molecular complexity index is 435. The molecule has 0 radical (unpaired) electrons. The standard InChI is InChI=1S/C22H41N3O/c1-5-7-8-9-10-11-12-13-14-15-16-17-22-23-18-19-25(22,6-2)20(3)24-21(4)26/h5,18,20,22H,1,6-17,19H2,2-4H3/p+1. The number of hydrogen-bond acceptors (Lipinski definition) is 2. The van der Waals surface area contributed by atoms with E-state index in [0.29, 0.717) is 6.17 Å². The van der Waals surface area contributed by atoms with Gasteiger partial charge in [-0.25, -0.2) is 4.99 Å². The molecule has 0 saturated carbocycles. The lowest BCUT2D eigenvalue weighted by molar-refractivity contribution is -0.959. The van der Waals surface area contributed by atoms with E-state index < -0.39 is 0 Å². The SMILES string of the molecule is C=CCCCCCCCCCCCC1N=CC[N+]1(CC)C(C)NC(C)=O. The lowest BCUT2D eigenvalue weighted by Gasteiger charge is -2.42. The van der Waals surface area contributed by atoms with Crippen LogP contribution in [0.15, 0.2) is 17.6 Å². The predicted octanol–water partition coefficient (Wildman–Crippen LogP) is 5.19. The lowest BCUT2D eigenvalue weighted by atomic mass is 10.0. The van der Waals surface area contributed by atoms with Crippen LogP contribution in [0.25, 0.3) is 0 Å². The summed E-state index contributed by atoms with van der Waals surface area (Å²) < 4.78 is 0.879. The van der Waals surface area contributed by atoms with Gasteiger partial charge in [0.15, 0.2) is 12.3 Å².